The fraction of sp³-hybridized carbons (Fsp3) is 0.579. The van der Waals surface area contributed by atoms with Crippen LogP contribution in [-0.4, -0.2) is 18.4 Å². The van der Waals surface area contributed by atoms with E-state index in [0.29, 0.717) is 6.54 Å². The summed E-state index contributed by atoms with van der Waals surface area (Å²) in [6.45, 7) is 5.43. The standard InChI is InChI=1S/C19H28N2O2/c1-3-11-20-18(22)16-7-9-17(10-8-16)19(23)21-13-15-6-4-5-14(2)12-15/h4-6,12,16-17H,3,7-11,13H2,1-2H3,(H,20,22)(H,21,23). The van der Waals surface area contributed by atoms with Gasteiger partial charge in [0.05, 0.1) is 0 Å². The van der Waals surface area contributed by atoms with Crippen molar-refractivity contribution >= 4 is 11.8 Å². The van der Waals surface area contributed by atoms with Crippen LogP contribution < -0.4 is 10.6 Å². The number of hydrogen-bond acceptors (Lipinski definition) is 2. The largest absolute Gasteiger partial charge is 0.356 e. The van der Waals surface area contributed by atoms with Crippen molar-refractivity contribution in [3.8, 4) is 0 Å². The van der Waals surface area contributed by atoms with Crippen LogP contribution in [0.2, 0.25) is 0 Å². The van der Waals surface area contributed by atoms with Gasteiger partial charge in [-0.15, -0.1) is 0 Å². The molecule has 1 aliphatic rings. The van der Waals surface area contributed by atoms with E-state index < -0.39 is 0 Å². The van der Waals surface area contributed by atoms with Crippen molar-refractivity contribution in [1.82, 2.24) is 10.6 Å². The summed E-state index contributed by atoms with van der Waals surface area (Å²) in [5.74, 6) is 0.418. The highest BCUT2D eigenvalue weighted by Gasteiger charge is 2.29. The third kappa shape index (κ3) is 5.38. The van der Waals surface area contributed by atoms with E-state index >= 15 is 0 Å². The summed E-state index contributed by atoms with van der Waals surface area (Å²) < 4.78 is 0. The first-order chi connectivity index (χ1) is 11.1. The lowest BCUT2D eigenvalue weighted by Gasteiger charge is -2.27. The molecule has 2 N–H and O–H groups in total. The highest BCUT2D eigenvalue weighted by Crippen LogP contribution is 2.29. The van der Waals surface area contributed by atoms with Gasteiger partial charge >= 0.3 is 0 Å². The van der Waals surface area contributed by atoms with Crippen molar-refractivity contribution in [2.45, 2.75) is 52.5 Å². The van der Waals surface area contributed by atoms with E-state index in [4.69, 9.17) is 0 Å². The molecule has 0 aromatic heterocycles. The summed E-state index contributed by atoms with van der Waals surface area (Å²) in [6.07, 6.45) is 4.21. The lowest BCUT2D eigenvalue weighted by atomic mass is 9.81. The molecule has 1 fully saturated rings. The van der Waals surface area contributed by atoms with Crippen LogP contribution in [-0.2, 0) is 16.1 Å². The normalized spacial score (nSPS) is 20.8. The molecule has 1 aliphatic carbocycles. The van der Waals surface area contributed by atoms with Gasteiger partial charge in [0, 0.05) is 24.9 Å². The Kier molecular flexibility index (Phi) is 6.63. The molecule has 0 saturated heterocycles. The van der Waals surface area contributed by atoms with Gasteiger partial charge in [0.25, 0.3) is 0 Å². The second-order valence-corrected chi connectivity index (χ2v) is 6.55. The molecular formula is C19H28N2O2. The molecule has 1 saturated carbocycles. The first kappa shape index (κ1) is 17.5. The van der Waals surface area contributed by atoms with E-state index in [0.717, 1.165) is 44.2 Å². The number of carbonyl (C=O) groups excluding carboxylic acids is 2. The van der Waals surface area contributed by atoms with Crippen molar-refractivity contribution in [3.63, 3.8) is 0 Å². The average Bonchev–Trinajstić information content (AvgIpc) is 2.57. The number of rotatable bonds is 6. The van der Waals surface area contributed by atoms with Crippen LogP contribution in [0.3, 0.4) is 0 Å². The van der Waals surface area contributed by atoms with Gasteiger partial charge < -0.3 is 10.6 Å². The minimum atomic E-state index is 0.0510. The number of aryl methyl sites for hydroxylation is 1. The maximum Gasteiger partial charge on any atom is 0.223 e. The molecule has 23 heavy (non-hydrogen) atoms. The van der Waals surface area contributed by atoms with E-state index in [2.05, 4.69) is 36.6 Å². The van der Waals surface area contributed by atoms with Gasteiger partial charge in [-0.3, -0.25) is 9.59 Å². The van der Waals surface area contributed by atoms with Gasteiger partial charge in [0.15, 0.2) is 0 Å². The van der Waals surface area contributed by atoms with Crippen molar-refractivity contribution in [3.05, 3.63) is 35.4 Å². The molecule has 2 amide bonds. The van der Waals surface area contributed by atoms with Crippen molar-refractivity contribution in [1.29, 1.82) is 0 Å². The summed E-state index contributed by atoms with van der Waals surface area (Å²) >= 11 is 0. The SMILES string of the molecule is CCCNC(=O)C1CCC(C(=O)NCc2cccc(C)c2)CC1. The molecular weight excluding hydrogens is 288 g/mol. The Morgan fingerprint density at radius 3 is 2.22 bits per heavy atom. The summed E-state index contributed by atoms with van der Waals surface area (Å²) in [5, 5.41) is 5.99. The van der Waals surface area contributed by atoms with E-state index in [-0.39, 0.29) is 23.7 Å². The molecule has 1 aromatic carbocycles. The Morgan fingerprint density at radius 1 is 1.04 bits per heavy atom. The maximum absolute atomic E-state index is 12.3. The molecule has 0 spiro atoms. The summed E-state index contributed by atoms with van der Waals surface area (Å²) in [4.78, 5) is 24.3. The molecule has 4 nitrogen and oxygen atoms in total. The van der Waals surface area contributed by atoms with Crippen LogP contribution in [0, 0.1) is 18.8 Å². The fourth-order valence-electron chi connectivity index (χ4n) is 3.17. The van der Waals surface area contributed by atoms with E-state index in [1.165, 1.54) is 5.56 Å². The third-order valence-corrected chi connectivity index (χ3v) is 4.57. The van der Waals surface area contributed by atoms with Gasteiger partial charge in [0.1, 0.15) is 0 Å². The number of benzene rings is 1. The first-order valence-electron chi connectivity index (χ1n) is 8.71. The molecule has 2 rings (SSSR count). The van der Waals surface area contributed by atoms with E-state index in [1.807, 2.05) is 12.1 Å². The molecule has 126 valence electrons. The Hall–Kier alpha value is -1.84. The quantitative estimate of drug-likeness (QED) is 0.848. The van der Waals surface area contributed by atoms with Crippen LogP contribution in [0.1, 0.15) is 50.2 Å². The summed E-state index contributed by atoms with van der Waals surface area (Å²) in [6, 6.07) is 8.19. The zero-order valence-electron chi connectivity index (χ0n) is 14.2. The van der Waals surface area contributed by atoms with Gasteiger partial charge in [-0.25, -0.2) is 0 Å². The number of amides is 2. The average molecular weight is 316 g/mol. The molecule has 0 bridgehead atoms. The second-order valence-electron chi connectivity index (χ2n) is 6.55. The Labute approximate surface area is 139 Å². The monoisotopic (exact) mass is 316 g/mol. The van der Waals surface area contributed by atoms with Gasteiger partial charge in [-0.2, -0.15) is 0 Å². The molecule has 0 radical (unpaired) electrons. The van der Waals surface area contributed by atoms with Crippen LogP contribution in [0.4, 0.5) is 0 Å². The molecule has 0 aliphatic heterocycles. The Balaban J connectivity index is 1.74. The Morgan fingerprint density at radius 2 is 1.65 bits per heavy atom. The van der Waals surface area contributed by atoms with Gasteiger partial charge in [-0.05, 0) is 44.6 Å². The van der Waals surface area contributed by atoms with Crippen molar-refractivity contribution in [2.24, 2.45) is 11.8 Å². The zero-order chi connectivity index (χ0) is 16.7. The summed E-state index contributed by atoms with van der Waals surface area (Å²) in [7, 11) is 0. The van der Waals surface area contributed by atoms with E-state index in [9.17, 15) is 9.59 Å². The highest BCUT2D eigenvalue weighted by atomic mass is 16.2. The molecule has 0 unspecified atom stereocenters. The molecule has 4 heteroatoms. The lowest BCUT2D eigenvalue weighted by molar-refractivity contribution is -0.130. The minimum absolute atomic E-state index is 0.0510. The van der Waals surface area contributed by atoms with Crippen LogP contribution >= 0.6 is 0 Å². The topological polar surface area (TPSA) is 58.2 Å². The zero-order valence-corrected chi connectivity index (χ0v) is 14.2. The molecule has 1 aromatic rings. The van der Waals surface area contributed by atoms with Crippen molar-refractivity contribution in [2.75, 3.05) is 6.54 Å². The van der Waals surface area contributed by atoms with Gasteiger partial charge in [0.2, 0.25) is 11.8 Å². The second kappa shape index (κ2) is 8.70. The van der Waals surface area contributed by atoms with Crippen LogP contribution in [0.15, 0.2) is 24.3 Å². The minimum Gasteiger partial charge on any atom is -0.356 e. The number of carbonyl (C=O) groups is 2. The highest BCUT2D eigenvalue weighted by molar-refractivity contribution is 5.81. The predicted octanol–water partition coefficient (Wildman–Crippen LogP) is 2.94. The molecule has 0 atom stereocenters. The Bertz CT molecular complexity index is 534. The van der Waals surface area contributed by atoms with Gasteiger partial charge in [-0.1, -0.05) is 36.8 Å². The number of hydrogen-bond donors (Lipinski definition) is 2. The smallest absolute Gasteiger partial charge is 0.223 e. The first-order valence-corrected chi connectivity index (χ1v) is 8.71. The van der Waals surface area contributed by atoms with Crippen LogP contribution in [0.25, 0.3) is 0 Å². The lowest BCUT2D eigenvalue weighted by Crippen LogP contribution is -2.37. The van der Waals surface area contributed by atoms with Crippen molar-refractivity contribution < 1.29 is 9.59 Å². The predicted molar refractivity (Wildman–Crippen MR) is 91.8 cm³/mol. The summed E-state index contributed by atoms with van der Waals surface area (Å²) in [5.41, 5.74) is 2.33. The van der Waals surface area contributed by atoms with E-state index in [1.54, 1.807) is 0 Å². The maximum atomic E-state index is 12.3. The molecule has 0 heterocycles. The van der Waals surface area contributed by atoms with Crippen LogP contribution in [0.5, 0.6) is 0 Å². The third-order valence-electron chi connectivity index (χ3n) is 4.57. The fourth-order valence-corrected chi connectivity index (χ4v) is 3.17. The number of nitrogens with one attached hydrogen (secondary N) is 2.